The maximum absolute atomic E-state index is 12.8. The second-order valence-corrected chi connectivity index (χ2v) is 4.32. The van der Waals surface area contributed by atoms with E-state index in [1.165, 1.54) is 0 Å². The Kier molecular flexibility index (Phi) is 7.56. The highest BCUT2D eigenvalue weighted by Crippen LogP contribution is 2.09. The molecule has 0 fully saturated rings. The lowest BCUT2D eigenvalue weighted by Gasteiger charge is -2.14. The van der Waals surface area contributed by atoms with Gasteiger partial charge in [-0.15, -0.1) is 12.4 Å². The molecular formula is C13H19ClF2N2O. The number of rotatable bonds is 6. The van der Waals surface area contributed by atoms with E-state index < -0.39 is 19.0 Å². The molecule has 0 aliphatic carbocycles. The minimum atomic E-state index is -3.03. The van der Waals surface area contributed by atoms with Crippen molar-refractivity contribution in [2.45, 2.75) is 25.7 Å². The molecule has 1 aromatic carbocycles. The first kappa shape index (κ1) is 17.8. The topological polar surface area (TPSA) is 55.1 Å². The zero-order valence-corrected chi connectivity index (χ0v) is 11.6. The molecule has 0 bridgehead atoms. The highest BCUT2D eigenvalue weighted by Gasteiger charge is 2.26. The van der Waals surface area contributed by atoms with Crippen molar-refractivity contribution in [1.82, 2.24) is 5.32 Å². The standard InChI is InChI=1S/C13H18F2N2O.ClH/c1-10-2-4-11(5-3-10)6-7-12(18)17-9-13(14,15)8-16;/h2-5H,6-9,16H2,1H3,(H,17,18);1H. The second-order valence-electron chi connectivity index (χ2n) is 4.32. The number of nitrogens with one attached hydrogen (secondary N) is 1. The van der Waals surface area contributed by atoms with Gasteiger partial charge in [0, 0.05) is 6.42 Å². The summed E-state index contributed by atoms with van der Waals surface area (Å²) in [6.07, 6.45) is 0.740. The summed E-state index contributed by atoms with van der Waals surface area (Å²) in [6.45, 7) is 0.521. The lowest BCUT2D eigenvalue weighted by atomic mass is 10.1. The molecule has 108 valence electrons. The van der Waals surface area contributed by atoms with Crippen molar-refractivity contribution >= 4 is 18.3 Å². The molecule has 0 saturated carbocycles. The Hall–Kier alpha value is -1.20. The zero-order valence-electron chi connectivity index (χ0n) is 10.8. The molecule has 1 aromatic rings. The number of benzene rings is 1. The van der Waals surface area contributed by atoms with Crippen LogP contribution in [0.2, 0.25) is 0 Å². The van der Waals surface area contributed by atoms with Crippen LogP contribution in [0.5, 0.6) is 0 Å². The predicted octanol–water partition coefficient (Wildman–Crippen LogP) is 2.06. The van der Waals surface area contributed by atoms with E-state index in [9.17, 15) is 13.6 Å². The van der Waals surface area contributed by atoms with Gasteiger partial charge < -0.3 is 11.1 Å². The fourth-order valence-electron chi connectivity index (χ4n) is 1.40. The summed E-state index contributed by atoms with van der Waals surface area (Å²) in [4.78, 5) is 11.4. The van der Waals surface area contributed by atoms with Gasteiger partial charge in [0.05, 0.1) is 13.1 Å². The van der Waals surface area contributed by atoms with Crippen LogP contribution >= 0.6 is 12.4 Å². The Morgan fingerprint density at radius 1 is 1.32 bits per heavy atom. The SMILES string of the molecule is Cc1ccc(CCC(=O)NCC(F)(F)CN)cc1.Cl. The van der Waals surface area contributed by atoms with Crippen LogP contribution in [0.25, 0.3) is 0 Å². The number of halogens is 3. The number of alkyl halides is 2. The van der Waals surface area contributed by atoms with Crippen LogP contribution in [0, 0.1) is 6.92 Å². The summed E-state index contributed by atoms with van der Waals surface area (Å²) in [5.74, 6) is -3.41. The summed E-state index contributed by atoms with van der Waals surface area (Å²) >= 11 is 0. The van der Waals surface area contributed by atoms with Gasteiger partial charge in [0.2, 0.25) is 5.91 Å². The molecule has 0 heterocycles. The van der Waals surface area contributed by atoms with E-state index in [0.717, 1.165) is 11.1 Å². The molecule has 0 radical (unpaired) electrons. The summed E-state index contributed by atoms with van der Waals surface area (Å²) in [5.41, 5.74) is 7.03. The lowest BCUT2D eigenvalue weighted by molar-refractivity contribution is -0.122. The number of carbonyl (C=O) groups is 1. The fraction of sp³-hybridized carbons (Fsp3) is 0.462. The van der Waals surface area contributed by atoms with E-state index in [2.05, 4.69) is 5.32 Å². The molecular weight excluding hydrogens is 274 g/mol. The van der Waals surface area contributed by atoms with Gasteiger partial charge in [0.1, 0.15) is 0 Å². The summed E-state index contributed by atoms with van der Waals surface area (Å²) in [5, 5.41) is 2.19. The molecule has 1 amide bonds. The Morgan fingerprint density at radius 3 is 2.42 bits per heavy atom. The number of hydrogen-bond acceptors (Lipinski definition) is 2. The minimum Gasteiger partial charge on any atom is -0.350 e. The van der Waals surface area contributed by atoms with Gasteiger partial charge in [0.15, 0.2) is 0 Å². The molecule has 19 heavy (non-hydrogen) atoms. The largest absolute Gasteiger partial charge is 0.350 e. The van der Waals surface area contributed by atoms with Gasteiger partial charge in [-0.2, -0.15) is 0 Å². The van der Waals surface area contributed by atoms with Crippen molar-refractivity contribution in [3.63, 3.8) is 0 Å². The number of carbonyl (C=O) groups excluding carboxylic acids is 1. The van der Waals surface area contributed by atoms with Gasteiger partial charge in [-0.3, -0.25) is 4.79 Å². The van der Waals surface area contributed by atoms with E-state index in [1.54, 1.807) is 0 Å². The number of hydrogen-bond donors (Lipinski definition) is 2. The van der Waals surface area contributed by atoms with Crippen LogP contribution in [0.4, 0.5) is 8.78 Å². The average Bonchev–Trinajstić information content (AvgIpc) is 2.36. The first-order chi connectivity index (χ1) is 8.43. The molecule has 0 aromatic heterocycles. The zero-order chi connectivity index (χ0) is 13.6. The molecule has 3 N–H and O–H groups in total. The van der Waals surface area contributed by atoms with Crippen LogP contribution < -0.4 is 11.1 Å². The van der Waals surface area contributed by atoms with E-state index in [1.807, 2.05) is 31.2 Å². The van der Waals surface area contributed by atoms with Crippen molar-refractivity contribution in [1.29, 1.82) is 0 Å². The average molecular weight is 293 g/mol. The van der Waals surface area contributed by atoms with Gasteiger partial charge in [0.25, 0.3) is 5.92 Å². The quantitative estimate of drug-likeness (QED) is 0.843. The van der Waals surface area contributed by atoms with Gasteiger partial charge in [-0.05, 0) is 18.9 Å². The third kappa shape index (κ3) is 7.08. The molecule has 0 saturated heterocycles. The second kappa shape index (κ2) is 8.07. The number of aryl methyl sites for hydroxylation is 2. The van der Waals surface area contributed by atoms with Crippen LogP contribution in [0.15, 0.2) is 24.3 Å². The molecule has 0 aliphatic heterocycles. The molecule has 0 spiro atoms. The van der Waals surface area contributed by atoms with Crippen LogP contribution in [0.1, 0.15) is 17.5 Å². The molecule has 3 nitrogen and oxygen atoms in total. The Bertz CT molecular complexity index is 396. The van der Waals surface area contributed by atoms with Crippen molar-refractivity contribution in [2.24, 2.45) is 5.73 Å². The Morgan fingerprint density at radius 2 is 1.89 bits per heavy atom. The molecule has 0 atom stereocenters. The smallest absolute Gasteiger partial charge is 0.277 e. The minimum absolute atomic E-state index is 0. The molecule has 6 heteroatoms. The van der Waals surface area contributed by atoms with E-state index in [0.29, 0.717) is 6.42 Å². The molecule has 1 rings (SSSR count). The maximum atomic E-state index is 12.8. The maximum Gasteiger partial charge on any atom is 0.277 e. The third-order valence-electron chi connectivity index (χ3n) is 2.60. The van der Waals surface area contributed by atoms with Gasteiger partial charge in [-0.25, -0.2) is 8.78 Å². The summed E-state index contributed by atoms with van der Waals surface area (Å²) < 4.78 is 25.6. The van der Waals surface area contributed by atoms with Crippen LogP contribution in [-0.2, 0) is 11.2 Å². The number of nitrogens with two attached hydrogens (primary N) is 1. The van der Waals surface area contributed by atoms with Crippen LogP contribution in [0.3, 0.4) is 0 Å². The van der Waals surface area contributed by atoms with E-state index >= 15 is 0 Å². The Labute approximate surface area is 118 Å². The number of amides is 1. The highest BCUT2D eigenvalue weighted by atomic mass is 35.5. The van der Waals surface area contributed by atoms with Gasteiger partial charge in [-0.1, -0.05) is 29.8 Å². The van der Waals surface area contributed by atoms with Crippen LogP contribution in [-0.4, -0.2) is 24.9 Å². The van der Waals surface area contributed by atoms with E-state index in [4.69, 9.17) is 5.73 Å². The Balaban J connectivity index is 0.00000324. The van der Waals surface area contributed by atoms with Crippen molar-refractivity contribution in [3.05, 3.63) is 35.4 Å². The predicted molar refractivity (Wildman–Crippen MR) is 73.8 cm³/mol. The fourth-order valence-corrected chi connectivity index (χ4v) is 1.40. The van der Waals surface area contributed by atoms with Crippen molar-refractivity contribution in [2.75, 3.05) is 13.1 Å². The normalized spacial score (nSPS) is 10.7. The van der Waals surface area contributed by atoms with Crippen molar-refractivity contribution in [3.8, 4) is 0 Å². The van der Waals surface area contributed by atoms with Crippen molar-refractivity contribution < 1.29 is 13.6 Å². The first-order valence-electron chi connectivity index (χ1n) is 5.83. The van der Waals surface area contributed by atoms with E-state index in [-0.39, 0.29) is 24.7 Å². The lowest BCUT2D eigenvalue weighted by Crippen LogP contribution is -2.41. The van der Waals surface area contributed by atoms with Gasteiger partial charge >= 0.3 is 0 Å². The molecule has 0 unspecified atom stereocenters. The third-order valence-corrected chi connectivity index (χ3v) is 2.60. The first-order valence-corrected chi connectivity index (χ1v) is 5.83. The molecule has 0 aliphatic rings. The highest BCUT2D eigenvalue weighted by molar-refractivity contribution is 5.85. The summed E-state index contributed by atoms with van der Waals surface area (Å²) in [6, 6.07) is 7.76. The summed E-state index contributed by atoms with van der Waals surface area (Å²) in [7, 11) is 0. The monoisotopic (exact) mass is 292 g/mol.